The highest BCUT2D eigenvalue weighted by molar-refractivity contribution is 5.14. The zero-order chi connectivity index (χ0) is 13.0. The second-order valence-electron chi connectivity index (χ2n) is 5.16. The lowest BCUT2D eigenvalue weighted by Gasteiger charge is -2.31. The quantitative estimate of drug-likeness (QED) is 0.630. The van der Waals surface area contributed by atoms with Crippen LogP contribution < -0.4 is 16.0 Å². The van der Waals surface area contributed by atoms with E-state index < -0.39 is 0 Å². The molecule has 1 aromatic rings. The first-order valence-corrected chi connectivity index (χ1v) is 6.58. The molecule has 1 atom stereocenters. The first-order valence-electron chi connectivity index (χ1n) is 6.58. The van der Waals surface area contributed by atoms with E-state index in [1.54, 1.807) is 7.11 Å². The van der Waals surface area contributed by atoms with Crippen LogP contribution in [0.3, 0.4) is 0 Å². The second kappa shape index (κ2) is 6.11. The lowest BCUT2D eigenvalue weighted by Crippen LogP contribution is -2.35. The minimum atomic E-state index is 0.0934. The van der Waals surface area contributed by atoms with Gasteiger partial charge in [-0.3, -0.25) is 11.3 Å². The number of aromatic nitrogens is 2. The third-order valence-electron chi connectivity index (χ3n) is 3.90. The van der Waals surface area contributed by atoms with Gasteiger partial charge in [-0.1, -0.05) is 19.8 Å². The molecule has 0 radical (unpaired) electrons. The van der Waals surface area contributed by atoms with Gasteiger partial charge in [-0.15, -0.1) is 5.10 Å². The van der Waals surface area contributed by atoms with Gasteiger partial charge in [-0.25, -0.2) is 0 Å². The van der Waals surface area contributed by atoms with Crippen molar-refractivity contribution >= 4 is 0 Å². The van der Waals surface area contributed by atoms with Crippen LogP contribution in [0.15, 0.2) is 12.1 Å². The molecular weight excluding hydrogens is 228 g/mol. The first-order chi connectivity index (χ1) is 8.74. The molecule has 1 heterocycles. The minimum absolute atomic E-state index is 0.0934. The number of ether oxygens (including phenoxy) is 1. The van der Waals surface area contributed by atoms with Gasteiger partial charge in [0.05, 0.1) is 18.8 Å². The molecule has 0 aliphatic heterocycles. The number of nitrogens with zero attached hydrogens (tertiary/aromatic N) is 2. The molecule has 0 spiro atoms. The molecule has 0 saturated heterocycles. The highest BCUT2D eigenvalue weighted by Gasteiger charge is 2.27. The van der Waals surface area contributed by atoms with E-state index in [0.29, 0.717) is 11.8 Å². The summed E-state index contributed by atoms with van der Waals surface area (Å²) in [7, 11) is 1.59. The molecule has 1 aliphatic carbocycles. The summed E-state index contributed by atoms with van der Waals surface area (Å²) < 4.78 is 5.02. The number of hydrazine groups is 1. The van der Waals surface area contributed by atoms with Crippen molar-refractivity contribution in [1.82, 2.24) is 15.6 Å². The van der Waals surface area contributed by atoms with Crippen LogP contribution in [-0.4, -0.2) is 17.3 Å². The van der Waals surface area contributed by atoms with Crippen molar-refractivity contribution in [1.29, 1.82) is 0 Å². The summed E-state index contributed by atoms with van der Waals surface area (Å²) in [5.74, 6) is 7.61. The van der Waals surface area contributed by atoms with Gasteiger partial charge in [0.15, 0.2) is 0 Å². The van der Waals surface area contributed by atoms with Crippen LogP contribution in [0, 0.1) is 11.8 Å². The van der Waals surface area contributed by atoms with E-state index in [1.807, 2.05) is 12.1 Å². The zero-order valence-electron chi connectivity index (χ0n) is 11.1. The molecule has 2 rings (SSSR count). The topological polar surface area (TPSA) is 73.1 Å². The Kier molecular flexibility index (Phi) is 4.49. The Balaban J connectivity index is 2.07. The van der Waals surface area contributed by atoms with Gasteiger partial charge in [0.1, 0.15) is 0 Å². The lowest BCUT2D eigenvalue weighted by molar-refractivity contribution is 0.228. The fraction of sp³-hybridized carbons (Fsp3) is 0.692. The van der Waals surface area contributed by atoms with E-state index in [2.05, 4.69) is 22.5 Å². The predicted molar refractivity (Wildman–Crippen MR) is 69.8 cm³/mol. The summed E-state index contributed by atoms with van der Waals surface area (Å²) in [6, 6.07) is 3.86. The Bertz CT molecular complexity index is 360. The molecular formula is C13H22N4O. The molecule has 1 aliphatic rings. The van der Waals surface area contributed by atoms with Gasteiger partial charge < -0.3 is 4.74 Å². The van der Waals surface area contributed by atoms with Gasteiger partial charge in [0.2, 0.25) is 5.88 Å². The van der Waals surface area contributed by atoms with Crippen molar-refractivity contribution < 1.29 is 4.74 Å². The van der Waals surface area contributed by atoms with Gasteiger partial charge in [-0.2, -0.15) is 5.10 Å². The number of nitrogens with one attached hydrogen (secondary N) is 1. The normalized spacial score (nSPS) is 25.7. The van der Waals surface area contributed by atoms with Crippen LogP contribution in [0.25, 0.3) is 0 Å². The number of rotatable bonds is 4. The van der Waals surface area contributed by atoms with Crippen LogP contribution in [0.2, 0.25) is 0 Å². The molecule has 0 bridgehead atoms. The third-order valence-corrected chi connectivity index (χ3v) is 3.90. The molecule has 0 aromatic carbocycles. The molecule has 5 heteroatoms. The number of hydrogen-bond acceptors (Lipinski definition) is 5. The highest BCUT2D eigenvalue weighted by atomic mass is 16.5. The van der Waals surface area contributed by atoms with Crippen molar-refractivity contribution in [3.05, 3.63) is 17.8 Å². The van der Waals surface area contributed by atoms with Crippen LogP contribution in [-0.2, 0) is 0 Å². The van der Waals surface area contributed by atoms with Crippen LogP contribution in [0.5, 0.6) is 5.88 Å². The average Bonchev–Trinajstić information content (AvgIpc) is 2.42. The fourth-order valence-electron chi connectivity index (χ4n) is 2.69. The predicted octanol–water partition coefficient (Wildman–Crippen LogP) is 1.82. The lowest BCUT2D eigenvalue weighted by atomic mass is 9.78. The maximum atomic E-state index is 5.69. The SMILES string of the molecule is COc1ccc(C(NN)C2CCC(C)CC2)nn1. The average molecular weight is 250 g/mol. The van der Waals surface area contributed by atoms with E-state index in [-0.39, 0.29) is 6.04 Å². The second-order valence-corrected chi connectivity index (χ2v) is 5.16. The van der Waals surface area contributed by atoms with E-state index in [0.717, 1.165) is 11.6 Å². The van der Waals surface area contributed by atoms with Crippen molar-refractivity contribution in [2.45, 2.75) is 38.6 Å². The third kappa shape index (κ3) is 2.97. The van der Waals surface area contributed by atoms with Crippen molar-refractivity contribution in [2.75, 3.05) is 7.11 Å². The smallest absolute Gasteiger partial charge is 0.233 e. The Morgan fingerprint density at radius 3 is 2.50 bits per heavy atom. The Labute approximate surface area is 108 Å². The Morgan fingerprint density at radius 1 is 1.28 bits per heavy atom. The monoisotopic (exact) mass is 250 g/mol. The molecule has 1 saturated carbocycles. The molecule has 1 aromatic heterocycles. The van der Waals surface area contributed by atoms with Crippen molar-refractivity contribution in [3.8, 4) is 5.88 Å². The summed E-state index contributed by atoms with van der Waals surface area (Å²) >= 11 is 0. The number of methoxy groups -OCH3 is 1. The van der Waals surface area contributed by atoms with E-state index in [4.69, 9.17) is 10.6 Å². The summed E-state index contributed by atoms with van der Waals surface area (Å²) in [4.78, 5) is 0. The summed E-state index contributed by atoms with van der Waals surface area (Å²) in [5.41, 5.74) is 3.80. The molecule has 18 heavy (non-hydrogen) atoms. The van der Waals surface area contributed by atoms with E-state index >= 15 is 0 Å². The number of nitrogens with two attached hydrogens (primary N) is 1. The molecule has 3 N–H and O–H groups in total. The van der Waals surface area contributed by atoms with Crippen molar-refractivity contribution in [3.63, 3.8) is 0 Å². The van der Waals surface area contributed by atoms with Gasteiger partial charge in [-0.05, 0) is 30.7 Å². The van der Waals surface area contributed by atoms with Crippen LogP contribution in [0.4, 0.5) is 0 Å². The Morgan fingerprint density at radius 2 is 2.00 bits per heavy atom. The Hall–Kier alpha value is -1.20. The molecule has 0 amide bonds. The maximum Gasteiger partial charge on any atom is 0.233 e. The van der Waals surface area contributed by atoms with Crippen molar-refractivity contribution in [2.24, 2.45) is 17.7 Å². The van der Waals surface area contributed by atoms with Crippen LogP contribution in [0.1, 0.15) is 44.3 Å². The minimum Gasteiger partial charge on any atom is -0.480 e. The standard InChI is InChI=1S/C13H22N4O/c1-9-3-5-10(6-4-9)13(15-14)11-7-8-12(18-2)17-16-11/h7-10,13,15H,3-6,14H2,1-2H3. The number of hydrogen-bond donors (Lipinski definition) is 2. The highest BCUT2D eigenvalue weighted by Crippen LogP contribution is 2.35. The molecule has 1 fully saturated rings. The van der Waals surface area contributed by atoms with Gasteiger partial charge >= 0.3 is 0 Å². The van der Waals surface area contributed by atoms with Gasteiger partial charge in [0.25, 0.3) is 0 Å². The van der Waals surface area contributed by atoms with E-state index in [1.165, 1.54) is 25.7 Å². The maximum absolute atomic E-state index is 5.69. The van der Waals surface area contributed by atoms with Crippen LogP contribution >= 0.6 is 0 Å². The zero-order valence-corrected chi connectivity index (χ0v) is 11.1. The largest absolute Gasteiger partial charge is 0.480 e. The summed E-state index contributed by atoms with van der Waals surface area (Å²) in [6.45, 7) is 2.31. The molecule has 5 nitrogen and oxygen atoms in total. The van der Waals surface area contributed by atoms with E-state index in [9.17, 15) is 0 Å². The first kappa shape index (κ1) is 13.2. The molecule has 100 valence electrons. The fourth-order valence-corrected chi connectivity index (χ4v) is 2.69. The summed E-state index contributed by atoms with van der Waals surface area (Å²) in [5, 5.41) is 8.21. The summed E-state index contributed by atoms with van der Waals surface area (Å²) in [6.07, 6.45) is 4.94. The molecule has 1 unspecified atom stereocenters. The van der Waals surface area contributed by atoms with Gasteiger partial charge in [0, 0.05) is 6.07 Å².